The van der Waals surface area contributed by atoms with E-state index in [1.54, 1.807) is 13.2 Å². The van der Waals surface area contributed by atoms with Crippen molar-refractivity contribution in [2.24, 2.45) is 5.16 Å². The zero-order valence-corrected chi connectivity index (χ0v) is 11.8. The van der Waals surface area contributed by atoms with Gasteiger partial charge in [0, 0.05) is 17.0 Å². The number of aryl methyl sites for hydroxylation is 1. The van der Waals surface area contributed by atoms with Gasteiger partial charge in [-0.05, 0) is 48.9 Å². The lowest BCUT2D eigenvalue weighted by Crippen LogP contribution is -2.03. The predicted octanol–water partition coefficient (Wildman–Crippen LogP) is 3.71. The quantitative estimate of drug-likeness (QED) is 0.575. The molecule has 21 heavy (non-hydrogen) atoms. The molecule has 3 aromatic rings. The summed E-state index contributed by atoms with van der Waals surface area (Å²) >= 11 is 0. The van der Waals surface area contributed by atoms with Gasteiger partial charge in [0.15, 0.2) is 0 Å². The van der Waals surface area contributed by atoms with E-state index in [1.807, 2.05) is 49.4 Å². The summed E-state index contributed by atoms with van der Waals surface area (Å²) in [4.78, 5) is 0. The van der Waals surface area contributed by atoms with Gasteiger partial charge in [-0.1, -0.05) is 11.2 Å². The van der Waals surface area contributed by atoms with E-state index >= 15 is 0 Å². The summed E-state index contributed by atoms with van der Waals surface area (Å²) in [6, 6.07) is 15.0. The second kappa shape index (κ2) is 5.32. The van der Waals surface area contributed by atoms with Gasteiger partial charge in [0.1, 0.15) is 22.5 Å². The summed E-state index contributed by atoms with van der Waals surface area (Å²) in [7, 11) is 1.63. The van der Waals surface area contributed by atoms with Gasteiger partial charge in [0.05, 0.1) is 7.11 Å². The average Bonchev–Trinajstić information content (AvgIpc) is 2.53. The molecule has 1 heterocycles. The van der Waals surface area contributed by atoms with E-state index in [0.29, 0.717) is 16.7 Å². The fraction of sp³-hybridized carbons (Fsp3) is 0.118. The predicted molar refractivity (Wildman–Crippen MR) is 80.3 cm³/mol. The molecule has 2 aromatic carbocycles. The molecule has 0 unspecified atom stereocenters. The first kappa shape index (κ1) is 13.2. The Hall–Kier alpha value is -2.75. The minimum Gasteiger partial charge on any atom is -0.497 e. The Balaban J connectivity index is 2.22. The van der Waals surface area contributed by atoms with Crippen molar-refractivity contribution in [1.29, 1.82) is 0 Å². The smallest absolute Gasteiger partial charge is 0.137 e. The van der Waals surface area contributed by atoms with Crippen molar-refractivity contribution < 1.29 is 14.4 Å². The van der Waals surface area contributed by atoms with E-state index in [1.165, 1.54) is 0 Å². The van der Waals surface area contributed by atoms with Gasteiger partial charge in [-0.2, -0.15) is 0 Å². The van der Waals surface area contributed by atoms with Crippen molar-refractivity contribution in [2.75, 3.05) is 7.11 Å². The molecular weight excluding hydrogens is 266 g/mol. The standard InChI is InChI=1S/C17H15NO3/c1-11-3-8-14-15(18-19)10-16(21-17(14)9-11)12-4-6-13(20-2)7-5-12/h3-10,19H,1-2H3. The minimum atomic E-state index is 0.488. The molecule has 1 N–H and O–H groups in total. The number of rotatable bonds is 2. The summed E-state index contributed by atoms with van der Waals surface area (Å²) in [5, 5.41) is 13.9. The Morgan fingerprint density at radius 2 is 1.81 bits per heavy atom. The van der Waals surface area contributed by atoms with Crippen LogP contribution < -0.4 is 10.1 Å². The molecular formula is C17H15NO3. The monoisotopic (exact) mass is 281 g/mol. The first-order chi connectivity index (χ1) is 10.2. The number of fused-ring (bicyclic) bond motifs is 1. The Morgan fingerprint density at radius 1 is 1.05 bits per heavy atom. The van der Waals surface area contributed by atoms with Gasteiger partial charge in [0.25, 0.3) is 0 Å². The molecule has 3 rings (SSSR count). The van der Waals surface area contributed by atoms with Crippen LogP contribution in [0.15, 0.2) is 58.1 Å². The Bertz CT molecular complexity index is 848. The lowest BCUT2D eigenvalue weighted by atomic mass is 10.1. The maximum atomic E-state index is 9.22. The van der Waals surface area contributed by atoms with E-state index in [-0.39, 0.29) is 0 Å². The van der Waals surface area contributed by atoms with E-state index in [0.717, 1.165) is 22.3 Å². The van der Waals surface area contributed by atoms with Crippen LogP contribution >= 0.6 is 0 Å². The zero-order chi connectivity index (χ0) is 14.8. The second-order valence-electron chi connectivity index (χ2n) is 4.82. The van der Waals surface area contributed by atoms with Gasteiger partial charge in [-0.3, -0.25) is 0 Å². The average molecular weight is 281 g/mol. The largest absolute Gasteiger partial charge is 0.497 e. The number of ether oxygens (including phenoxy) is 1. The van der Waals surface area contributed by atoms with Crippen LogP contribution in [0.25, 0.3) is 22.3 Å². The summed E-state index contributed by atoms with van der Waals surface area (Å²) in [6.07, 6.45) is 0. The highest BCUT2D eigenvalue weighted by atomic mass is 16.5. The number of methoxy groups -OCH3 is 1. The molecule has 4 heteroatoms. The molecule has 0 bridgehead atoms. The van der Waals surface area contributed by atoms with E-state index in [9.17, 15) is 5.21 Å². The van der Waals surface area contributed by atoms with E-state index in [4.69, 9.17) is 9.15 Å². The molecule has 106 valence electrons. The Morgan fingerprint density at radius 3 is 2.48 bits per heavy atom. The van der Waals surface area contributed by atoms with Crippen LogP contribution in [-0.2, 0) is 0 Å². The fourth-order valence-corrected chi connectivity index (χ4v) is 2.26. The minimum absolute atomic E-state index is 0.488. The summed E-state index contributed by atoms with van der Waals surface area (Å²) < 4.78 is 11.1. The Kier molecular flexibility index (Phi) is 3.36. The number of hydrogen-bond acceptors (Lipinski definition) is 4. The van der Waals surface area contributed by atoms with Crippen molar-refractivity contribution in [1.82, 2.24) is 0 Å². The molecule has 0 aliphatic rings. The molecule has 0 atom stereocenters. The highest BCUT2D eigenvalue weighted by Gasteiger charge is 2.06. The van der Waals surface area contributed by atoms with Crippen molar-refractivity contribution in [3.63, 3.8) is 0 Å². The third-order valence-electron chi connectivity index (χ3n) is 3.38. The molecule has 1 aromatic heterocycles. The molecule has 0 spiro atoms. The van der Waals surface area contributed by atoms with Gasteiger partial charge >= 0.3 is 0 Å². The lowest BCUT2D eigenvalue weighted by Gasteiger charge is -2.06. The number of benzene rings is 2. The van der Waals surface area contributed by atoms with Crippen LogP contribution in [0.2, 0.25) is 0 Å². The van der Waals surface area contributed by atoms with Crippen LogP contribution in [0, 0.1) is 6.92 Å². The first-order valence-electron chi connectivity index (χ1n) is 6.58. The summed E-state index contributed by atoms with van der Waals surface area (Å²) in [6.45, 7) is 1.99. The van der Waals surface area contributed by atoms with Crippen LogP contribution in [-0.4, -0.2) is 12.3 Å². The normalized spacial score (nSPS) is 11.8. The van der Waals surface area contributed by atoms with Crippen LogP contribution in [0.4, 0.5) is 0 Å². The third-order valence-corrected chi connectivity index (χ3v) is 3.38. The fourth-order valence-electron chi connectivity index (χ4n) is 2.26. The maximum absolute atomic E-state index is 9.22. The molecule has 0 saturated carbocycles. The lowest BCUT2D eigenvalue weighted by molar-refractivity contribution is 0.302. The highest BCUT2D eigenvalue weighted by molar-refractivity contribution is 5.79. The second-order valence-corrected chi connectivity index (χ2v) is 4.82. The van der Waals surface area contributed by atoms with Gasteiger partial charge < -0.3 is 14.4 Å². The summed E-state index contributed by atoms with van der Waals surface area (Å²) in [5.74, 6) is 1.42. The van der Waals surface area contributed by atoms with Crippen molar-refractivity contribution >= 4 is 11.0 Å². The van der Waals surface area contributed by atoms with Crippen LogP contribution in [0.3, 0.4) is 0 Å². The highest BCUT2D eigenvalue weighted by Crippen LogP contribution is 2.24. The van der Waals surface area contributed by atoms with Gasteiger partial charge in [-0.15, -0.1) is 0 Å². The zero-order valence-electron chi connectivity index (χ0n) is 11.8. The van der Waals surface area contributed by atoms with Crippen LogP contribution in [0.5, 0.6) is 5.75 Å². The summed E-state index contributed by atoms with van der Waals surface area (Å²) in [5.41, 5.74) is 2.67. The van der Waals surface area contributed by atoms with E-state index < -0.39 is 0 Å². The van der Waals surface area contributed by atoms with Crippen LogP contribution in [0.1, 0.15) is 5.56 Å². The molecule has 0 radical (unpaired) electrons. The molecule has 0 aliphatic carbocycles. The third kappa shape index (κ3) is 2.48. The van der Waals surface area contributed by atoms with Gasteiger partial charge in [0.2, 0.25) is 0 Å². The first-order valence-corrected chi connectivity index (χ1v) is 6.58. The van der Waals surface area contributed by atoms with Gasteiger partial charge in [-0.25, -0.2) is 0 Å². The van der Waals surface area contributed by atoms with Crippen molar-refractivity contribution in [3.05, 3.63) is 59.5 Å². The SMILES string of the molecule is COc1ccc(-c2cc(=NO)c3ccc(C)cc3o2)cc1. The molecule has 0 fully saturated rings. The topological polar surface area (TPSA) is 55.0 Å². The maximum Gasteiger partial charge on any atom is 0.137 e. The van der Waals surface area contributed by atoms with Crippen molar-refractivity contribution in [2.45, 2.75) is 6.92 Å². The van der Waals surface area contributed by atoms with E-state index in [2.05, 4.69) is 5.16 Å². The molecule has 0 aliphatic heterocycles. The number of nitrogens with zero attached hydrogens (tertiary/aromatic N) is 1. The molecule has 0 amide bonds. The molecule has 0 saturated heterocycles. The van der Waals surface area contributed by atoms with Crippen molar-refractivity contribution in [3.8, 4) is 17.1 Å². The Labute approximate surface area is 121 Å². The number of hydrogen-bond donors (Lipinski definition) is 1. The molecule has 4 nitrogen and oxygen atoms in total.